The standard InChI is InChI=1S/C21H25F2N2O6PS/c1-2-30-17-12-14(24-20(27)19(26)13-5-3-6-13)9-10-18(17)33(28,29)25-15-7-4-8-16(11-15)31-21(22,23)32/h4,7-13,19,25-26H,2-3,5-6,32H2,1H3,(H,24,27). The summed E-state index contributed by atoms with van der Waals surface area (Å²) in [6.07, 6.45) is 1.39. The van der Waals surface area contributed by atoms with Crippen molar-refractivity contribution in [2.75, 3.05) is 16.6 Å². The highest BCUT2D eigenvalue weighted by Gasteiger charge is 2.31. The quantitative estimate of drug-likeness (QED) is 0.426. The predicted octanol–water partition coefficient (Wildman–Crippen LogP) is 3.79. The van der Waals surface area contributed by atoms with Gasteiger partial charge >= 0.3 is 5.85 Å². The summed E-state index contributed by atoms with van der Waals surface area (Å²) in [6, 6.07) is 9.08. The molecule has 1 aliphatic rings. The van der Waals surface area contributed by atoms with Crippen LogP contribution in [0.25, 0.3) is 0 Å². The van der Waals surface area contributed by atoms with E-state index in [1.54, 1.807) is 6.92 Å². The molecule has 2 unspecified atom stereocenters. The van der Waals surface area contributed by atoms with Crippen LogP contribution in [0.1, 0.15) is 26.2 Å². The van der Waals surface area contributed by atoms with Crippen LogP contribution in [0.3, 0.4) is 0 Å². The fourth-order valence-electron chi connectivity index (χ4n) is 3.25. The minimum atomic E-state index is -4.18. The number of halogens is 2. The van der Waals surface area contributed by atoms with Crippen LogP contribution in [-0.2, 0) is 14.8 Å². The van der Waals surface area contributed by atoms with Gasteiger partial charge in [0, 0.05) is 17.8 Å². The molecule has 1 amide bonds. The lowest BCUT2D eigenvalue weighted by Crippen LogP contribution is -2.37. The lowest BCUT2D eigenvalue weighted by molar-refractivity contribution is -0.128. The Morgan fingerprint density at radius 1 is 1.24 bits per heavy atom. The fourth-order valence-corrected chi connectivity index (χ4v) is 4.57. The summed E-state index contributed by atoms with van der Waals surface area (Å²) in [6.45, 7) is 1.82. The molecule has 2 aromatic rings. The Bertz CT molecular complexity index is 1110. The summed E-state index contributed by atoms with van der Waals surface area (Å²) in [4.78, 5) is 12.1. The Morgan fingerprint density at radius 3 is 2.58 bits per heavy atom. The van der Waals surface area contributed by atoms with Crippen LogP contribution in [0, 0.1) is 5.92 Å². The molecule has 0 bridgehead atoms. The largest absolute Gasteiger partial charge is 0.492 e. The zero-order valence-electron chi connectivity index (χ0n) is 17.8. The minimum Gasteiger partial charge on any atom is -0.492 e. The molecule has 2 atom stereocenters. The number of amides is 1. The summed E-state index contributed by atoms with van der Waals surface area (Å²) >= 11 is 0. The number of nitrogens with one attached hydrogen (secondary N) is 2. The summed E-state index contributed by atoms with van der Waals surface area (Å²) < 4.78 is 64.2. The lowest BCUT2D eigenvalue weighted by Gasteiger charge is -2.29. The molecular weight excluding hydrogens is 477 g/mol. The number of aliphatic hydroxyl groups is 1. The van der Waals surface area contributed by atoms with E-state index in [0.717, 1.165) is 25.3 Å². The van der Waals surface area contributed by atoms with Gasteiger partial charge in [-0.05, 0) is 59.2 Å². The van der Waals surface area contributed by atoms with Gasteiger partial charge in [-0.1, -0.05) is 12.5 Å². The van der Waals surface area contributed by atoms with E-state index in [4.69, 9.17) is 4.74 Å². The fraction of sp³-hybridized carbons (Fsp3) is 0.381. The molecule has 1 fully saturated rings. The molecule has 0 aromatic heterocycles. The number of rotatable bonds is 10. The van der Waals surface area contributed by atoms with E-state index in [1.807, 2.05) is 0 Å². The van der Waals surface area contributed by atoms with Crippen molar-refractivity contribution in [3.63, 3.8) is 0 Å². The van der Waals surface area contributed by atoms with Gasteiger partial charge in [0.05, 0.1) is 12.3 Å². The number of carbonyl (C=O) groups excluding carboxylic acids is 1. The van der Waals surface area contributed by atoms with Crippen LogP contribution in [0.4, 0.5) is 20.2 Å². The maximum Gasteiger partial charge on any atom is 0.408 e. The average Bonchev–Trinajstić information content (AvgIpc) is 2.65. The van der Waals surface area contributed by atoms with E-state index in [1.165, 1.54) is 45.6 Å². The number of alkyl halides is 2. The number of hydrogen-bond acceptors (Lipinski definition) is 6. The van der Waals surface area contributed by atoms with Gasteiger partial charge in [0.25, 0.3) is 15.9 Å². The van der Waals surface area contributed by atoms with Gasteiger partial charge in [0.2, 0.25) is 0 Å². The summed E-state index contributed by atoms with van der Waals surface area (Å²) in [5, 5.41) is 12.7. The number of ether oxygens (including phenoxy) is 2. The number of hydrogen-bond donors (Lipinski definition) is 3. The van der Waals surface area contributed by atoms with E-state index in [-0.39, 0.29) is 40.3 Å². The van der Waals surface area contributed by atoms with E-state index in [0.29, 0.717) is 0 Å². The number of sulfonamides is 1. The van der Waals surface area contributed by atoms with Gasteiger partial charge in [0.15, 0.2) is 0 Å². The third kappa shape index (κ3) is 6.75. The van der Waals surface area contributed by atoms with Crippen molar-refractivity contribution in [3.8, 4) is 11.5 Å². The Kier molecular flexibility index (Phi) is 7.76. The molecule has 3 rings (SSSR count). The lowest BCUT2D eigenvalue weighted by atomic mass is 9.81. The molecule has 2 aromatic carbocycles. The van der Waals surface area contributed by atoms with Crippen molar-refractivity contribution in [2.24, 2.45) is 5.92 Å². The SMILES string of the molecule is CCOc1cc(NC(=O)C(O)C2CCC2)ccc1S(=O)(=O)Nc1cccc(OC(F)(F)P)c1. The van der Waals surface area contributed by atoms with Crippen molar-refractivity contribution in [1.82, 2.24) is 0 Å². The normalized spacial score (nSPS) is 15.3. The summed E-state index contributed by atoms with van der Waals surface area (Å²) in [7, 11) is -2.95. The van der Waals surface area contributed by atoms with Crippen LogP contribution in [0.5, 0.6) is 11.5 Å². The second-order valence-electron chi connectivity index (χ2n) is 7.52. The van der Waals surface area contributed by atoms with E-state index in [9.17, 15) is 27.1 Å². The van der Waals surface area contributed by atoms with Crippen LogP contribution < -0.4 is 19.5 Å². The molecule has 33 heavy (non-hydrogen) atoms. The molecule has 0 saturated heterocycles. The summed E-state index contributed by atoms with van der Waals surface area (Å²) in [5.74, 6) is -4.41. The van der Waals surface area contributed by atoms with Crippen molar-refractivity contribution in [2.45, 2.75) is 43.0 Å². The molecule has 0 heterocycles. The second kappa shape index (κ2) is 10.2. The van der Waals surface area contributed by atoms with Crippen molar-refractivity contribution >= 4 is 36.5 Å². The highest BCUT2D eigenvalue weighted by Crippen LogP contribution is 2.33. The molecule has 3 N–H and O–H groups in total. The highest BCUT2D eigenvalue weighted by molar-refractivity contribution is 7.92. The van der Waals surface area contributed by atoms with E-state index >= 15 is 0 Å². The van der Waals surface area contributed by atoms with Crippen LogP contribution in [0.2, 0.25) is 0 Å². The molecule has 0 spiro atoms. The summed E-state index contributed by atoms with van der Waals surface area (Å²) in [5.41, 5.74) is 0.268. The van der Waals surface area contributed by atoms with Crippen molar-refractivity contribution < 1.29 is 36.6 Å². The zero-order valence-corrected chi connectivity index (χ0v) is 19.7. The van der Waals surface area contributed by atoms with E-state index in [2.05, 4.69) is 14.8 Å². The maximum atomic E-state index is 13.1. The highest BCUT2D eigenvalue weighted by atomic mass is 32.2. The van der Waals surface area contributed by atoms with Gasteiger partial charge < -0.3 is 19.9 Å². The molecule has 8 nitrogen and oxygen atoms in total. The third-order valence-electron chi connectivity index (χ3n) is 5.01. The Labute approximate surface area is 192 Å². The molecule has 1 saturated carbocycles. The van der Waals surface area contributed by atoms with Gasteiger partial charge in [-0.2, -0.15) is 8.78 Å². The zero-order chi connectivity index (χ0) is 24.2. The number of carbonyl (C=O) groups is 1. The Morgan fingerprint density at radius 2 is 1.97 bits per heavy atom. The van der Waals surface area contributed by atoms with Gasteiger partial charge in [0.1, 0.15) is 22.5 Å². The smallest absolute Gasteiger partial charge is 0.408 e. The van der Waals surface area contributed by atoms with Crippen LogP contribution >= 0.6 is 9.24 Å². The van der Waals surface area contributed by atoms with Crippen molar-refractivity contribution in [3.05, 3.63) is 42.5 Å². The van der Waals surface area contributed by atoms with E-state index < -0.39 is 27.9 Å². The second-order valence-corrected chi connectivity index (χ2v) is 9.84. The molecule has 1 aliphatic carbocycles. The number of aliphatic hydroxyl groups excluding tert-OH is 1. The third-order valence-corrected chi connectivity index (χ3v) is 6.54. The van der Waals surface area contributed by atoms with Crippen LogP contribution in [-0.4, -0.2) is 38.0 Å². The Hall–Kier alpha value is -2.49. The topological polar surface area (TPSA) is 114 Å². The first kappa shape index (κ1) is 25.1. The predicted molar refractivity (Wildman–Crippen MR) is 122 cm³/mol. The molecule has 12 heteroatoms. The average molecular weight is 502 g/mol. The molecule has 0 aliphatic heterocycles. The minimum absolute atomic E-state index is 0.00481. The number of anilines is 2. The van der Waals surface area contributed by atoms with Crippen molar-refractivity contribution in [1.29, 1.82) is 0 Å². The first-order chi connectivity index (χ1) is 15.5. The maximum absolute atomic E-state index is 13.1. The van der Waals surface area contributed by atoms with Gasteiger partial charge in [-0.25, -0.2) is 8.42 Å². The van der Waals surface area contributed by atoms with Gasteiger partial charge in [-0.3, -0.25) is 9.52 Å². The Balaban J connectivity index is 1.80. The monoisotopic (exact) mass is 502 g/mol. The number of benzene rings is 2. The molecule has 0 radical (unpaired) electrons. The molecular formula is C21H25F2N2O6PS. The van der Waals surface area contributed by atoms with Crippen LogP contribution in [0.15, 0.2) is 47.4 Å². The van der Waals surface area contributed by atoms with Gasteiger partial charge in [-0.15, -0.1) is 0 Å². The molecule has 180 valence electrons. The first-order valence-electron chi connectivity index (χ1n) is 10.2. The first-order valence-corrected chi connectivity index (χ1v) is 12.3.